The summed E-state index contributed by atoms with van der Waals surface area (Å²) >= 11 is 0. The van der Waals surface area contributed by atoms with Crippen LogP contribution in [0.4, 0.5) is 10.3 Å². The molecule has 2 heterocycles. The number of amides is 1. The zero-order valence-electron chi connectivity index (χ0n) is 13.4. The molecule has 0 saturated carbocycles. The SMILES string of the molecule is COc1ccc(F)cc1C(=O)NC1CCCN(c2ncccn2)C1. The Morgan fingerprint density at radius 2 is 2.17 bits per heavy atom. The van der Waals surface area contributed by atoms with E-state index in [0.29, 0.717) is 18.2 Å². The molecule has 0 spiro atoms. The van der Waals surface area contributed by atoms with E-state index in [4.69, 9.17) is 4.74 Å². The highest BCUT2D eigenvalue weighted by Crippen LogP contribution is 2.21. The number of piperidine rings is 1. The lowest BCUT2D eigenvalue weighted by molar-refractivity contribution is 0.0929. The minimum absolute atomic E-state index is 0.0528. The van der Waals surface area contributed by atoms with E-state index in [1.165, 1.54) is 25.3 Å². The van der Waals surface area contributed by atoms with Gasteiger partial charge in [-0.3, -0.25) is 4.79 Å². The minimum atomic E-state index is -0.469. The number of hydrogen-bond donors (Lipinski definition) is 1. The molecule has 6 nitrogen and oxygen atoms in total. The molecule has 126 valence electrons. The van der Waals surface area contributed by atoms with Crippen molar-refractivity contribution in [3.63, 3.8) is 0 Å². The lowest BCUT2D eigenvalue weighted by Gasteiger charge is -2.33. The number of carbonyl (C=O) groups is 1. The highest BCUT2D eigenvalue weighted by Gasteiger charge is 2.24. The Kier molecular flexibility index (Phi) is 4.88. The molecule has 0 aliphatic carbocycles. The maximum atomic E-state index is 13.4. The van der Waals surface area contributed by atoms with Crippen molar-refractivity contribution in [2.45, 2.75) is 18.9 Å². The van der Waals surface area contributed by atoms with Gasteiger partial charge in [-0.1, -0.05) is 0 Å². The molecule has 1 atom stereocenters. The zero-order valence-corrected chi connectivity index (χ0v) is 13.4. The summed E-state index contributed by atoms with van der Waals surface area (Å²) in [5.74, 6) is 0.198. The molecular weight excluding hydrogens is 311 g/mol. The highest BCUT2D eigenvalue weighted by atomic mass is 19.1. The van der Waals surface area contributed by atoms with Crippen LogP contribution in [0.2, 0.25) is 0 Å². The first-order valence-electron chi connectivity index (χ1n) is 7.84. The number of aromatic nitrogens is 2. The molecule has 0 radical (unpaired) electrons. The van der Waals surface area contributed by atoms with Crippen molar-refractivity contribution in [3.8, 4) is 5.75 Å². The van der Waals surface area contributed by atoms with E-state index in [9.17, 15) is 9.18 Å². The first-order chi connectivity index (χ1) is 11.7. The van der Waals surface area contributed by atoms with Crippen LogP contribution in [0.1, 0.15) is 23.2 Å². The van der Waals surface area contributed by atoms with Crippen LogP contribution in [0, 0.1) is 5.82 Å². The van der Waals surface area contributed by atoms with Gasteiger partial charge in [0.25, 0.3) is 5.91 Å². The quantitative estimate of drug-likeness (QED) is 0.929. The van der Waals surface area contributed by atoms with E-state index in [0.717, 1.165) is 19.4 Å². The van der Waals surface area contributed by atoms with Crippen molar-refractivity contribution in [3.05, 3.63) is 48.0 Å². The highest BCUT2D eigenvalue weighted by molar-refractivity contribution is 5.97. The number of nitrogens with zero attached hydrogens (tertiary/aromatic N) is 3. The maximum Gasteiger partial charge on any atom is 0.255 e. The van der Waals surface area contributed by atoms with Crippen LogP contribution < -0.4 is 15.0 Å². The monoisotopic (exact) mass is 330 g/mol. The topological polar surface area (TPSA) is 67.3 Å². The summed E-state index contributed by atoms with van der Waals surface area (Å²) in [6.45, 7) is 1.47. The van der Waals surface area contributed by atoms with E-state index in [2.05, 4.69) is 15.3 Å². The van der Waals surface area contributed by atoms with E-state index in [1.807, 2.05) is 4.90 Å². The van der Waals surface area contributed by atoms with Crippen LogP contribution in [0.25, 0.3) is 0 Å². The largest absolute Gasteiger partial charge is 0.496 e. The van der Waals surface area contributed by atoms with Gasteiger partial charge in [0.15, 0.2) is 0 Å². The summed E-state index contributed by atoms with van der Waals surface area (Å²) in [7, 11) is 1.46. The Balaban J connectivity index is 1.69. The van der Waals surface area contributed by atoms with Crippen molar-refractivity contribution < 1.29 is 13.9 Å². The number of ether oxygens (including phenoxy) is 1. The van der Waals surface area contributed by atoms with Gasteiger partial charge >= 0.3 is 0 Å². The van der Waals surface area contributed by atoms with Crippen LogP contribution in [0.15, 0.2) is 36.7 Å². The molecule has 1 aliphatic rings. The Bertz CT molecular complexity index is 711. The number of hydrogen-bond acceptors (Lipinski definition) is 5. The molecule has 1 saturated heterocycles. The lowest BCUT2D eigenvalue weighted by Crippen LogP contribution is -2.48. The van der Waals surface area contributed by atoms with Crippen LogP contribution in [-0.4, -0.2) is 42.1 Å². The Labute approximate surface area is 139 Å². The predicted octanol–water partition coefficient (Wildman–Crippen LogP) is 2.02. The third kappa shape index (κ3) is 3.61. The second-order valence-electron chi connectivity index (χ2n) is 5.65. The minimum Gasteiger partial charge on any atom is -0.496 e. The normalized spacial score (nSPS) is 17.4. The van der Waals surface area contributed by atoms with Crippen molar-refractivity contribution >= 4 is 11.9 Å². The fourth-order valence-corrected chi connectivity index (χ4v) is 2.85. The van der Waals surface area contributed by atoms with E-state index >= 15 is 0 Å². The molecule has 3 rings (SSSR count). The molecule has 1 N–H and O–H groups in total. The van der Waals surface area contributed by atoms with Gasteiger partial charge in [-0.15, -0.1) is 0 Å². The number of halogens is 1. The van der Waals surface area contributed by atoms with Gasteiger partial charge < -0.3 is 15.0 Å². The Morgan fingerprint density at radius 1 is 1.38 bits per heavy atom. The summed E-state index contributed by atoms with van der Waals surface area (Å²) < 4.78 is 18.6. The van der Waals surface area contributed by atoms with Gasteiger partial charge in [-0.25, -0.2) is 14.4 Å². The van der Waals surface area contributed by atoms with Gasteiger partial charge in [0.2, 0.25) is 5.95 Å². The van der Waals surface area contributed by atoms with Gasteiger partial charge in [0.1, 0.15) is 11.6 Å². The number of nitrogens with one attached hydrogen (secondary N) is 1. The van der Waals surface area contributed by atoms with Crippen LogP contribution >= 0.6 is 0 Å². The van der Waals surface area contributed by atoms with E-state index in [-0.39, 0.29) is 17.5 Å². The standard InChI is InChI=1S/C17H19FN4O2/c1-24-15-6-5-12(18)10-14(15)16(23)21-13-4-2-9-22(11-13)17-19-7-3-8-20-17/h3,5-8,10,13H,2,4,9,11H2,1H3,(H,21,23). The Morgan fingerprint density at radius 3 is 2.92 bits per heavy atom. The van der Waals surface area contributed by atoms with Gasteiger partial charge in [0.05, 0.1) is 12.7 Å². The molecule has 1 aromatic carbocycles. The van der Waals surface area contributed by atoms with Crippen molar-refractivity contribution in [1.29, 1.82) is 0 Å². The third-order valence-electron chi connectivity index (χ3n) is 4.00. The average Bonchev–Trinajstić information content (AvgIpc) is 2.62. The summed E-state index contributed by atoms with van der Waals surface area (Å²) in [5, 5.41) is 2.95. The number of methoxy groups -OCH3 is 1. The molecule has 1 aliphatic heterocycles. The Hall–Kier alpha value is -2.70. The van der Waals surface area contributed by atoms with Gasteiger partial charge in [-0.2, -0.15) is 0 Å². The second kappa shape index (κ2) is 7.25. The summed E-state index contributed by atoms with van der Waals surface area (Å²) in [4.78, 5) is 23.0. The number of rotatable bonds is 4. The van der Waals surface area contributed by atoms with E-state index < -0.39 is 5.82 Å². The fraction of sp³-hybridized carbons (Fsp3) is 0.353. The molecular formula is C17H19FN4O2. The maximum absolute atomic E-state index is 13.4. The van der Waals surface area contributed by atoms with E-state index in [1.54, 1.807) is 18.5 Å². The fourth-order valence-electron chi connectivity index (χ4n) is 2.85. The predicted molar refractivity (Wildman–Crippen MR) is 87.7 cm³/mol. The zero-order chi connectivity index (χ0) is 16.9. The summed E-state index contributed by atoms with van der Waals surface area (Å²) in [5.41, 5.74) is 0.200. The molecule has 1 amide bonds. The number of carbonyl (C=O) groups excluding carboxylic acids is 1. The lowest BCUT2D eigenvalue weighted by atomic mass is 10.1. The average molecular weight is 330 g/mol. The van der Waals surface area contributed by atoms with Crippen LogP contribution in [0.5, 0.6) is 5.75 Å². The van der Waals surface area contributed by atoms with Gasteiger partial charge in [0, 0.05) is 31.5 Å². The molecule has 2 aromatic rings. The molecule has 24 heavy (non-hydrogen) atoms. The third-order valence-corrected chi connectivity index (χ3v) is 4.00. The number of anilines is 1. The number of benzene rings is 1. The van der Waals surface area contributed by atoms with Crippen molar-refractivity contribution in [2.75, 3.05) is 25.1 Å². The molecule has 1 unspecified atom stereocenters. The first kappa shape index (κ1) is 16.2. The smallest absolute Gasteiger partial charge is 0.255 e. The van der Waals surface area contributed by atoms with Crippen molar-refractivity contribution in [2.24, 2.45) is 0 Å². The first-order valence-corrected chi connectivity index (χ1v) is 7.84. The van der Waals surface area contributed by atoms with Crippen LogP contribution in [0.3, 0.4) is 0 Å². The van der Waals surface area contributed by atoms with Gasteiger partial charge in [-0.05, 0) is 37.1 Å². The molecule has 1 aromatic heterocycles. The molecule has 7 heteroatoms. The summed E-state index contributed by atoms with van der Waals surface area (Å²) in [6.07, 6.45) is 5.17. The summed E-state index contributed by atoms with van der Waals surface area (Å²) in [6, 6.07) is 5.63. The molecule has 0 bridgehead atoms. The molecule has 1 fully saturated rings. The van der Waals surface area contributed by atoms with Crippen LogP contribution in [-0.2, 0) is 0 Å². The second-order valence-corrected chi connectivity index (χ2v) is 5.65. The van der Waals surface area contributed by atoms with Crippen molar-refractivity contribution in [1.82, 2.24) is 15.3 Å².